The number of hydrogen-bond acceptors (Lipinski definition) is 6. The van der Waals surface area contributed by atoms with Crippen LogP contribution in [-0.4, -0.2) is 58.9 Å². The summed E-state index contributed by atoms with van der Waals surface area (Å²) in [6.45, 7) is 8.85. The molecule has 4 atom stereocenters. The molecule has 0 saturated heterocycles. The highest BCUT2D eigenvalue weighted by molar-refractivity contribution is 5.94. The van der Waals surface area contributed by atoms with Crippen molar-refractivity contribution in [1.29, 1.82) is 0 Å². The highest BCUT2D eigenvalue weighted by Crippen LogP contribution is 2.09. The molecule has 0 aliphatic carbocycles. The molecule has 0 fully saturated rings. The number of carboxylic acid groups (broad SMARTS) is 1. The van der Waals surface area contributed by atoms with Gasteiger partial charge in [0.15, 0.2) is 0 Å². The summed E-state index contributed by atoms with van der Waals surface area (Å²) in [4.78, 5) is 59.9. The summed E-state index contributed by atoms with van der Waals surface area (Å²) in [6, 6.07) is -4.13. The van der Waals surface area contributed by atoms with Crippen molar-refractivity contribution in [2.75, 3.05) is 0 Å². The second-order valence-electron chi connectivity index (χ2n) is 8.56. The normalized spacial score (nSPS) is 15.0. The lowest BCUT2D eigenvalue weighted by molar-refractivity contribution is -0.142. The third-order valence-corrected chi connectivity index (χ3v) is 4.44. The van der Waals surface area contributed by atoms with Gasteiger partial charge in [-0.3, -0.25) is 24.0 Å². The van der Waals surface area contributed by atoms with Crippen LogP contribution in [0.15, 0.2) is 0 Å². The smallest absolute Gasteiger partial charge is 0.325 e. The Kier molecular flexibility index (Phi) is 12.4. The number of aliphatic carboxylic acids is 1. The summed E-state index contributed by atoms with van der Waals surface area (Å²) in [6.07, 6.45) is 0.426. The first-order valence-corrected chi connectivity index (χ1v) is 10.4. The van der Waals surface area contributed by atoms with Crippen LogP contribution in [0.3, 0.4) is 0 Å². The monoisotopic (exact) mass is 443 g/mol. The lowest BCUT2D eigenvalue weighted by atomic mass is 10.00. The van der Waals surface area contributed by atoms with Crippen LogP contribution in [0.25, 0.3) is 0 Å². The first-order chi connectivity index (χ1) is 14.2. The van der Waals surface area contributed by atoms with E-state index >= 15 is 0 Å². The van der Waals surface area contributed by atoms with E-state index in [0.29, 0.717) is 12.8 Å². The van der Waals surface area contributed by atoms with Gasteiger partial charge in [0.25, 0.3) is 0 Å². The minimum Gasteiger partial charge on any atom is -0.480 e. The topological polar surface area (TPSA) is 194 Å². The summed E-state index contributed by atoms with van der Waals surface area (Å²) in [5.41, 5.74) is 11.0. The Morgan fingerprint density at radius 2 is 1.26 bits per heavy atom. The van der Waals surface area contributed by atoms with Crippen LogP contribution in [0.5, 0.6) is 0 Å². The molecule has 4 amide bonds. The van der Waals surface area contributed by atoms with Gasteiger partial charge in [-0.15, -0.1) is 0 Å². The average Bonchev–Trinajstić information content (AvgIpc) is 2.62. The van der Waals surface area contributed by atoms with E-state index in [1.807, 2.05) is 27.7 Å². The summed E-state index contributed by atoms with van der Waals surface area (Å²) in [7, 11) is 0. The summed E-state index contributed by atoms with van der Waals surface area (Å²) < 4.78 is 0. The van der Waals surface area contributed by atoms with Crippen molar-refractivity contribution >= 4 is 29.6 Å². The molecule has 0 bridgehead atoms. The molecule has 0 heterocycles. The minimum atomic E-state index is -1.25. The Labute approximate surface area is 183 Å². The number of hydrogen-bond donors (Lipinski definition) is 6. The molecule has 0 aliphatic heterocycles. The molecule has 0 aromatic rings. The molecule has 0 aromatic heterocycles. The summed E-state index contributed by atoms with van der Waals surface area (Å²) >= 11 is 0. The van der Waals surface area contributed by atoms with Gasteiger partial charge < -0.3 is 32.5 Å². The Hall–Kier alpha value is -2.69. The largest absolute Gasteiger partial charge is 0.480 e. The van der Waals surface area contributed by atoms with E-state index in [-0.39, 0.29) is 24.7 Å². The molecule has 31 heavy (non-hydrogen) atoms. The number of carbonyl (C=O) groups is 5. The molecular formula is C20H37N5O6. The second kappa shape index (κ2) is 13.6. The van der Waals surface area contributed by atoms with Crippen molar-refractivity contribution in [3.05, 3.63) is 0 Å². The number of primary amides is 1. The molecule has 8 N–H and O–H groups in total. The van der Waals surface area contributed by atoms with Crippen molar-refractivity contribution in [1.82, 2.24) is 16.0 Å². The van der Waals surface area contributed by atoms with Crippen molar-refractivity contribution in [3.8, 4) is 0 Å². The van der Waals surface area contributed by atoms with Gasteiger partial charge >= 0.3 is 5.97 Å². The third kappa shape index (κ3) is 11.9. The van der Waals surface area contributed by atoms with E-state index in [1.54, 1.807) is 0 Å². The fraction of sp³-hybridized carbons (Fsp3) is 0.750. The lowest BCUT2D eigenvalue weighted by Crippen LogP contribution is -2.57. The fourth-order valence-corrected chi connectivity index (χ4v) is 2.80. The number of nitrogens with one attached hydrogen (secondary N) is 3. The molecule has 0 spiro atoms. The van der Waals surface area contributed by atoms with Crippen LogP contribution in [0.1, 0.15) is 60.3 Å². The second-order valence-corrected chi connectivity index (χ2v) is 8.56. The van der Waals surface area contributed by atoms with E-state index < -0.39 is 53.8 Å². The molecule has 11 heteroatoms. The molecular weight excluding hydrogens is 406 g/mol. The lowest BCUT2D eigenvalue weighted by Gasteiger charge is -2.25. The standard InChI is InChI=1S/C20H37N5O6/c1-10(2)8-13(21)17(27)25-15(9-11(3)4)19(29)24-14(6-7-16(22)26)18(28)23-12(5)20(30)31/h10-15H,6-9,21H2,1-5H3,(H2,22,26)(H,23,28)(H,24,29)(H,25,27)(H,30,31). The Bertz CT molecular complexity index is 652. The number of nitrogens with two attached hydrogens (primary N) is 2. The van der Waals surface area contributed by atoms with Crippen LogP contribution < -0.4 is 27.4 Å². The Balaban J connectivity index is 5.40. The van der Waals surface area contributed by atoms with Gasteiger partial charge in [0.1, 0.15) is 18.1 Å². The predicted octanol–water partition coefficient (Wildman–Crippen LogP) is -0.770. The van der Waals surface area contributed by atoms with Gasteiger partial charge in [0.05, 0.1) is 6.04 Å². The van der Waals surface area contributed by atoms with Crippen LogP contribution in [-0.2, 0) is 24.0 Å². The zero-order valence-corrected chi connectivity index (χ0v) is 18.9. The van der Waals surface area contributed by atoms with Crippen molar-refractivity contribution < 1.29 is 29.1 Å². The molecule has 0 aliphatic rings. The van der Waals surface area contributed by atoms with Crippen molar-refractivity contribution in [3.63, 3.8) is 0 Å². The van der Waals surface area contributed by atoms with E-state index in [9.17, 15) is 24.0 Å². The number of carboxylic acids is 1. The zero-order valence-electron chi connectivity index (χ0n) is 18.9. The molecule has 4 unspecified atom stereocenters. The van der Waals surface area contributed by atoms with Crippen molar-refractivity contribution in [2.24, 2.45) is 23.3 Å². The molecule has 0 radical (unpaired) electrons. The third-order valence-electron chi connectivity index (χ3n) is 4.44. The summed E-state index contributed by atoms with van der Waals surface area (Å²) in [5.74, 6) is -3.57. The van der Waals surface area contributed by atoms with Crippen LogP contribution in [0.2, 0.25) is 0 Å². The molecule has 0 saturated carbocycles. The van der Waals surface area contributed by atoms with Crippen LogP contribution in [0, 0.1) is 11.8 Å². The highest BCUT2D eigenvalue weighted by Gasteiger charge is 2.30. The van der Waals surface area contributed by atoms with Crippen LogP contribution in [0.4, 0.5) is 0 Å². The van der Waals surface area contributed by atoms with Crippen molar-refractivity contribution in [2.45, 2.75) is 84.5 Å². The SMILES string of the molecule is CC(C)CC(N)C(=O)NC(CC(C)C)C(=O)NC(CCC(N)=O)C(=O)NC(C)C(=O)O. The first kappa shape index (κ1) is 28.3. The van der Waals surface area contributed by atoms with Gasteiger partial charge in [0.2, 0.25) is 23.6 Å². The quantitative estimate of drug-likeness (QED) is 0.203. The molecule has 178 valence electrons. The van der Waals surface area contributed by atoms with Crippen LogP contribution >= 0.6 is 0 Å². The van der Waals surface area contributed by atoms with E-state index in [2.05, 4.69) is 16.0 Å². The number of rotatable bonds is 14. The highest BCUT2D eigenvalue weighted by atomic mass is 16.4. The van der Waals surface area contributed by atoms with E-state index in [1.165, 1.54) is 6.92 Å². The maximum atomic E-state index is 12.9. The first-order valence-electron chi connectivity index (χ1n) is 10.4. The Morgan fingerprint density at radius 1 is 0.774 bits per heavy atom. The van der Waals surface area contributed by atoms with Gasteiger partial charge in [-0.05, 0) is 38.0 Å². The Morgan fingerprint density at radius 3 is 1.71 bits per heavy atom. The number of amides is 4. The molecule has 11 nitrogen and oxygen atoms in total. The average molecular weight is 444 g/mol. The summed E-state index contributed by atoms with van der Waals surface area (Å²) in [5, 5.41) is 16.4. The fourth-order valence-electron chi connectivity index (χ4n) is 2.80. The maximum Gasteiger partial charge on any atom is 0.325 e. The maximum absolute atomic E-state index is 12.9. The van der Waals surface area contributed by atoms with Gasteiger partial charge in [-0.2, -0.15) is 0 Å². The van der Waals surface area contributed by atoms with Gasteiger partial charge in [-0.25, -0.2) is 0 Å². The molecule has 0 rings (SSSR count). The van der Waals surface area contributed by atoms with Gasteiger partial charge in [-0.1, -0.05) is 27.7 Å². The zero-order chi connectivity index (χ0) is 24.3. The predicted molar refractivity (Wildman–Crippen MR) is 114 cm³/mol. The van der Waals surface area contributed by atoms with Gasteiger partial charge in [0, 0.05) is 6.42 Å². The number of carbonyl (C=O) groups excluding carboxylic acids is 4. The minimum absolute atomic E-state index is 0.0438. The van der Waals surface area contributed by atoms with E-state index in [4.69, 9.17) is 16.6 Å². The van der Waals surface area contributed by atoms with E-state index in [0.717, 1.165) is 0 Å². The molecule has 0 aromatic carbocycles.